The molecule has 1 unspecified atom stereocenters. The van der Waals surface area contributed by atoms with Gasteiger partial charge in [-0.1, -0.05) is 28.9 Å². The number of rotatable bonds is 4. The van der Waals surface area contributed by atoms with E-state index < -0.39 is 5.60 Å². The van der Waals surface area contributed by atoms with Crippen molar-refractivity contribution in [3.63, 3.8) is 0 Å². The Morgan fingerprint density at radius 3 is 2.79 bits per heavy atom. The van der Waals surface area contributed by atoms with Gasteiger partial charge in [0.2, 0.25) is 0 Å². The minimum atomic E-state index is -0.563. The van der Waals surface area contributed by atoms with E-state index in [1.165, 1.54) is 4.90 Å². The van der Waals surface area contributed by atoms with Crippen LogP contribution in [0.5, 0.6) is 0 Å². The predicted molar refractivity (Wildman–Crippen MR) is 65.8 cm³/mol. The van der Waals surface area contributed by atoms with Crippen molar-refractivity contribution in [1.29, 1.82) is 0 Å². The molecule has 0 aromatic heterocycles. The normalized spacial score (nSPS) is 15.1. The van der Waals surface area contributed by atoms with Crippen molar-refractivity contribution in [2.24, 2.45) is 0 Å². The summed E-state index contributed by atoms with van der Waals surface area (Å²) < 4.78 is 1.08. The van der Waals surface area contributed by atoms with Crippen LogP contribution in [-0.2, 0) is 0 Å². The molecule has 3 heteroatoms. The Labute approximate surface area is 98.0 Å². The molecule has 1 atom stereocenters. The van der Waals surface area contributed by atoms with Crippen LogP contribution in [0.25, 0.3) is 0 Å². The number of aliphatic hydroxyl groups is 1. The minimum absolute atomic E-state index is 0.563. The molecule has 0 saturated heterocycles. The monoisotopic (exact) mass is 274 g/mol. The number of halogens is 1. The maximum atomic E-state index is 9.82. The van der Waals surface area contributed by atoms with E-state index in [0.717, 1.165) is 16.6 Å². The van der Waals surface area contributed by atoms with E-state index in [2.05, 4.69) is 28.1 Å². The summed E-state index contributed by atoms with van der Waals surface area (Å²) in [6.07, 6.45) is 0.786. The van der Waals surface area contributed by atoms with E-state index in [0.29, 0.717) is 0 Å². The van der Waals surface area contributed by atoms with Crippen LogP contribution in [0.2, 0.25) is 0 Å². The van der Waals surface area contributed by atoms with Crippen molar-refractivity contribution in [3.8, 4) is 0 Å². The molecular formula is C11H15BrOS. The van der Waals surface area contributed by atoms with Crippen LogP contribution in [0.3, 0.4) is 0 Å². The summed E-state index contributed by atoms with van der Waals surface area (Å²) in [7, 11) is 0. The van der Waals surface area contributed by atoms with Crippen molar-refractivity contribution in [2.45, 2.75) is 30.8 Å². The maximum Gasteiger partial charge on any atom is 0.0710 e. The van der Waals surface area contributed by atoms with Crippen molar-refractivity contribution >= 4 is 27.7 Å². The molecule has 1 aromatic carbocycles. The lowest BCUT2D eigenvalue weighted by molar-refractivity contribution is 0.0816. The van der Waals surface area contributed by atoms with Gasteiger partial charge in [-0.2, -0.15) is 0 Å². The highest BCUT2D eigenvalue weighted by Crippen LogP contribution is 2.26. The molecule has 0 aliphatic heterocycles. The number of hydrogen-bond acceptors (Lipinski definition) is 2. The van der Waals surface area contributed by atoms with Gasteiger partial charge in [0.05, 0.1) is 5.60 Å². The van der Waals surface area contributed by atoms with Crippen LogP contribution in [-0.4, -0.2) is 16.5 Å². The molecule has 0 aliphatic rings. The second kappa shape index (κ2) is 5.19. The van der Waals surface area contributed by atoms with Crippen LogP contribution >= 0.6 is 27.7 Å². The predicted octanol–water partition coefficient (Wildman–Crippen LogP) is 3.70. The first-order valence-electron chi connectivity index (χ1n) is 4.64. The van der Waals surface area contributed by atoms with Gasteiger partial charge in [-0.15, -0.1) is 11.8 Å². The highest BCUT2D eigenvalue weighted by molar-refractivity contribution is 9.10. The molecule has 1 nitrogen and oxygen atoms in total. The molecule has 0 saturated carbocycles. The van der Waals surface area contributed by atoms with E-state index in [-0.39, 0.29) is 0 Å². The van der Waals surface area contributed by atoms with E-state index in [4.69, 9.17) is 0 Å². The van der Waals surface area contributed by atoms with Gasteiger partial charge in [0, 0.05) is 15.1 Å². The van der Waals surface area contributed by atoms with Gasteiger partial charge in [0.1, 0.15) is 0 Å². The SMILES string of the molecule is CCC(C)(O)CSc1cccc(Br)c1. The third kappa shape index (κ3) is 4.03. The quantitative estimate of drug-likeness (QED) is 0.845. The Morgan fingerprint density at radius 2 is 2.21 bits per heavy atom. The molecule has 0 bridgehead atoms. The number of hydrogen-bond donors (Lipinski definition) is 1. The van der Waals surface area contributed by atoms with Gasteiger partial charge in [0.15, 0.2) is 0 Å². The third-order valence-corrected chi connectivity index (χ3v) is 3.95. The third-order valence-electron chi connectivity index (χ3n) is 2.11. The Morgan fingerprint density at radius 1 is 1.50 bits per heavy atom. The summed E-state index contributed by atoms with van der Waals surface area (Å²) in [6, 6.07) is 8.13. The Kier molecular flexibility index (Phi) is 4.48. The largest absolute Gasteiger partial charge is 0.389 e. The first-order chi connectivity index (χ1) is 6.53. The highest BCUT2D eigenvalue weighted by atomic mass is 79.9. The summed E-state index contributed by atoms with van der Waals surface area (Å²) in [4.78, 5) is 1.19. The first-order valence-corrected chi connectivity index (χ1v) is 6.42. The van der Waals surface area contributed by atoms with Gasteiger partial charge in [-0.25, -0.2) is 0 Å². The Hall–Kier alpha value is 0.01000. The molecule has 78 valence electrons. The average Bonchev–Trinajstić information content (AvgIpc) is 2.15. The second-order valence-electron chi connectivity index (χ2n) is 3.60. The Bertz CT molecular complexity index is 299. The van der Waals surface area contributed by atoms with Gasteiger partial charge in [-0.3, -0.25) is 0 Å². The van der Waals surface area contributed by atoms with Crippen LogP contribution in [0.1, 0.15) is 20.3 Å². The van der Waals surface area contributed by atoms with Crippen LogP contribution in [0, 0.1) is 0 Å². The molecule has 0 radical (unpaired) electrons. The van der Waals surface area contributed by atoms with E-state index in [1.807, 2.05) is 26.0 Å². The fraction of sp³-hybridized carbons (Fsp3) is 0.455. The molecule has 14 heavy (non-hydrogen) atoms. The smallest absolute Gasteiger partial charge is 0.0710 e. The molecule has 1 rings (SSSR count). The van der Waals surface area contributed by atoms with Crippen LogP contribution in [0.15, 0.2) is 33.6 Å². The van der Waals surface area contributed by atoms with Crippen LogP contribution in [0.4, 0.5) is 0 Å². The topological polar surface area (TPSA) is 20.2 Å². The zero-order chi connectivity index (χ0) is 10.6. The average molecular weight is 275 g/mol. The van der Waals surface area contributed by atoms with Gasteiger partial charge >= 0.3 is 0 Å². The minimum Gasteiger partial charge on any atom is -0.389 e. The summed E-state index contributed by atoms with van der Waals surface area (Å²) in [5, 5.41) is 9.82. The Balaban J connectivity index is 2.54. The van der Waals surface area contributed by atoms with Crippen molar-refractivity contribution < 1.29 is 5.11 Å². The van der Waals surface area contributed by atoms with E-state index in [1.54, 1.807) is 11.8 Å². The highest BCUT2D eigenvalue weighted by Gasteiger charge is 2.17. The van der Waals surface area contributed by atoms with E-state index >= 15 is 0 Å². The second-order valence-corrected chi connectivity index (χ2v) is 5.56. The zero-order valence-corrected chi connectivity index (χ0v) is 10.9. The molecule has 0 aliphatic carbocycles. The molecule has 0 spiro atoms. The first kappa shape index (κ1) is 12.1. The maximum absolute atomic E-state index is 9.82. The van der Waals surface area contributed by atoms with Crippen molar-refractivity contribution in [1.82, 2.24) is 0 Å². The summed E-state index contributed by atoms with van der Waals surface area (Å²) in [6.45, 7) is 3.87. The van der Waals surface area contributed by atoms with Crippen molar-refractivity contribution in [2.75, 3.05) is 5.75 Å². The number of benzene rings is 1. The van der Waals surface area contributed by atoms with Gasteiger partial charge in [0.25, 0.3) is 0 Å². The fourth-order valence-electron chi connectivity index (χ4n) is 0.898. The lowest BCUT2D eigenvalue weighted by atomic mass is 10.1. The van der Waals surface area contributed by atoms with Crippen LogP contribution < -0.4 is 0 Å². The molecule has 0 fully saturated rings. The summed E-state index contributed by atoms with van der Waals surface area (Å²) in [5.41, 5.74) is -0.563. The fourth-order valence-corrected chi connectivity index (χ4v) is 2.52. The number of thioether (sulfide) groups is 1. The lowest BCUT2D eigenvalue weighted by Crippen LogP contribution is -2.25. The van der Waals surface area contributed by atoms with Crippen molar-refractivity contribution in [3.05, 3.63) is 28.7 Å². The van der Waals surface area contributed by atoms with E-state index in [9.17, 15) is 5.11 Å². The van der Waals surface area contributed by atoms with Gasteiger partial charge in [-0.05, 0) is 31.5 Å². The molecule has 1 N–H and O–H groups in total. The zero-order valence-electron chi connectivity index (χ0n) is 8.46. The molecular weight excluding hydrogens is 260 g/mol. The molecule has 0 heterocycles. The summed E-state index contributed by atoms with van der Waals surface area (Å²) >= 11 is 5.11. The summed E-state index contributed by atoms with van der Waals surface area (Å²) in [5.74, 6) is 0.736. The van der Waals surface area contributed by atoms with Gasteiger partial charge < -0.3 is 5.11 Å². The standard InChI is InChI=1S/C11H15BrOS/c1-3-11(2,13)8-14-10-6-4-5-9(12)7-10/h4-7,13H,3,8H2,1-2H3. The molecule has 0 amide bonds. The lowest BCUT2D eigenvalue weighted by Gasteiger charge is -2.20. The molecule has 1 aromatic rings.